The zero-order valence-corrected chi connectivity index (χ0v) is 7.91. The summed E-state index contributed by atoms with van der Waals surface area (Å²) in [7, 11) is 0. The third-order valence-electron chi connectivity index (χ3n) is 1.78. The van der Waals surface area contributed by atoms with Gasteiger partial charge < -0.3 is 10.0 Å². The van der Waals surface area contributed by atoms with Crippen molar-refractivity contribution in [2.45, 2.75) is 25.5 Å². The fourth-order valence-corrected chi connectivity index (χ4v) is 1.92. The molecule has 1 aliphatic heterocycles. The summed E-state index contributed by atoms with van der Waals surface area (Å²) in [6.45, 7) is 2.45. The maximum absolute atomic E-state index is 10.8. The molecule has 1 rings (SSSR count). The summed E-state index contributed by atoms with van der Waals surface area (Å²) in [6, 6.07) is 0.208. The van der Waals surface area contributed by atoms with Gasteiger partial charge in [0.1, 0.15) is 0 Å². The zero-order chi connectivity index (χ0) is 7.72. The van der Waals surface area contributed by atoms with E-state index in [0.29, 0.717) is 6.54 Å². The van der Waals surface area contributed by atoms with E-state index in [-0.39, 0.29) is 16.1 Å². The molecule has 1 aliphatic rings. The van der Waals surface area contributed by atoms with Gasteiger partial charge in [0.25, 0.3) is 3.91 Å². The molecule has 0 radical (unpaired) electrons. The normalized spacial score (nSPS) is 32.9. The second kappa shape index (κ2) is 3.04. The first-order chi connectivity index (χ1) is 4.61. The molecule has 0 aromatic carbocycles. The number of rotatable bonds is 0. The summed E-state index contributed by atoms with van der Waals surface area (Å²) in [4.78, 5) is 12.5. The molecule has 10 heavy (non-hydrogen) atoms. The van der Waals surface area contributed by atoms with Crippen molar-refractivity contribution < 1.29 is 9.90 Å². The largest absolute Gasteiger partial charge is 0.391 e. The lowest BCUT2D eigenvalue weighted by Gasteiger charge is -2.16. The smallest absolute Gasteiger partial charge is 0.283 e. The Kier molecular flexibility index (Phi) is 2.51. The van der Waals surface area contributed by atoms with Crippen LogP contribution in [0.3, 0.4) is 0 Å². The number of aliphatic hydroxyl groups excluding tert-OH is 1. The Morgan fingerprint density at radius 1 is 1.80 bits per heavy atom. The fraction of sp³-hybridized carbons (Fsp3) is 0.833. The van der Waals surface area contributed by atoms with Gasteiger partial charge in [0, 0.05) is 35.2 Å². The Labute approximate surface area is 73.5 Å². The molecule has 0 bridgehead atoms. The molecule has 0 aliphatic carbocycles. The Balaban J connectivity index is 2.54. The quantitative estimate of drug-likeness (QED) is 0.398. The standard InChI is InChI=1S/C6H10INO2/c1-4-2-5(9)3-8(4)6(7)10/h4-5,9H,2-3H2,1H3/t4-,5-/m1/s1. The third kappa shape index (κ3) is 1.60. The molecule has 3 nitrogen and oxygen atoms in total. The molecule has 58 valence electrons. The van der Waals surface area contributed by atoms with Crippen molar-refractivity contribution in [1.29, 1.82) is 0 Å². The molecule has 0 saturated carbocycles. The Bertz CT molecular complexity index is 151. The average Bonchev–Trinajstić information content (AvgIpc) is 2.10. The van der Waals surface area contributed by atoms with Crippen molar-refractivity contribution in [3.8, 4) is 0 Å². The zero-order valence-electron chi connectivity index (χ0n) is 5.75. The Morgan fingerprint density at radius 3 is 2.60 bits per heavy atom. The molecule has 1 amide bonds. The number of halogens is 1. The minimum Gasteiger partial charge on any atom is -0.391 e. The van der Waals surface area contributed by atoms with Crippen LogP contribution >= 0.6 is 22.6 Å². The maximum Gasteiger partial charge on any atom is 0.283 e. The lowest BCUT2D eigenvalue weighted by Crippen LogP contribution is -2.29. The van der Waals surface area contributed by atoms with E-state index in [2.05, 4.69) is 0 Å². The molecular weight excluding hydrogens is 245 g/mol. The maximum atomic E-state index is 10.8. The summed E-state index contributed by atoms with van der Waals surface area (Å²) in [5.74, 6) is 0. The second-order valence-electron chi connectivity index (χ2n) is 2.64. The summed E-state index contributed by atoms with van der Waals surface area (Å²) in [5.41, 5.74) is 0. The summed E-state index contributed by atoms with van der Waals surface area (Å²) >= 11 is 1.75. The van der Waals surface area contributed by atoms with Crippen molar-refractivity contribution in [2.24, 2.45) is 0 Å². The lowest BCUT2D eigenvalue weighted by atomic mass is 10.2. The topological polar surface area (TPSA) is 40.5 Å². The molecule has 2 atom stereocenters. The molecule has 0 unspecified atom stereocenters. The van der Waals surface area contributed by atoms with E-state index in [1.54, 1.807) is 27.5 Å². The number of likely N-dealkylation sites (tertiary alicyclic amines) is 1. The van der Waals surface area contributed by atoms with Crippen molar-refractivity contribution >= 4 is 26.5 Å². The van der Waals surface area contributed by atoms with E-state index in [1.165, 1.54) is 0 Å². The molecule has 1 N–H and O–H groups in total. The lowest BCUT2D eigenvalue weighted by molar-refractivity contribution is 0.180. The average molecular weight is 255 g/mol. The van der Waals surface area contributed by atoms with Crippen LogP contribution in [0.4, 0.5) is 4.79 Å². The van der Waals surface area contributed by atoms with Crippen molar-refractivity contribution in [3.05, 3.63) is 0 Å². The van der Waals surface area contributed by atoms with Gasteiger partial charge in [0.2, 0.25) is 0 Å². The molecule has 1 fully saturated rings. The van der Waals surface area contributed by atoms with Gasteiger partial charge in [-0.15, -0.1) is 0 Å². The van der Waals surface area contributed by atoms with E-state index in [4.69, 9.17) is 5.11 Å². The monoisotopic (exact) mass is 255 g/mol. The predicted octanol–water partition coefficient (Wildman–Crippen LogP) is 0.997. The molecule has 4 heteroatoms. The first-order valence-corrected chi connectivity index (χ1v) is 4.33. The second-order valence-corrected chi connectivity index (χ2v) is 3.57. The highest BCUT2D eigenvalue weighted by atomic mass is 127. The highest BCUT2D eigenvalue weighted by molar-refractivity contribution is 14.1. The summed E-state index contributed by atoms with van der Waals surface area (Å²) in [6.07, 6.45) is 0.406. The van der Waals surface area contributed by atoms with Crippen LogP contribution in [-0.4, -0.2) is 32.6 Å². The molecular formula is C6H10INO2. The van der Waals surface area contributed by atoms with E-state index in [1.807, 2.05) is 6.92 Å². The van der Waals surface area contributed by atoms with Crippen LogP contribution in [0.25, 0.3) is 0 Å². The molecule has 0 aromatic heterocycles. The van der Waals surface area contributed by atoms with Crippen molar-refractivity contribution in [3.63, 3.8) is 0 Å². The van der Waals surface area contributed by atoms with Crippen LogP contribution < -0.4 is 0 Å². The number of nitrogens with zero attached hydrogens (tertiary/aromatic N) is 1. The van der Waals surface area contributed by atoms with Gasteiger partial charge in [-0.1, -0.05) is 0 Å². The highest BCUT2D eigenvalue weighted by Crippen LogP contribution is 2.19. The highest BCUT2D eigenvalue weighted by Gasteiger charge is 2.29. The Morgan fingerprint density at radius 2 is 2.40 bits per heavy atom. The van der Waals surface area contributed by atoms with Gasteiger partial charge in [-0.05, 0) is 13.3 Å². The van der Waals surface area contributed by atoms with Crippen LogP contribution in [0.5, 0.6) is 0 Å². The van der Waals surface area contributed by atoms with Crippen molar-refractivity contribution in [1.82, 2.24) is 4.90 Å². The fourth-order valence-electron chi connectivity index (χ4n) is 1.25. The molecule has 0 aromatic rings. The number of amides is 1. The number of β-amino-alcohol motifs (C(OH)–C–C–N with tert-alkyl or cyclic N) is 1. The van der Waals surface area contributed by atoms with Gasteiger partial charge in [0.05, 0.1) is 6.10 Å². The van der Waals surface area contributed by atoms with E-state index >= 15 is 0 Å². The van der Waals surface area contributed by atoms with Gasteiger partial charge >= 0.3 is 0 Å². The minimum absolute atomic E-state index is 0.0293. The van der Waals surface area contributed by atoms with Gasteiger partial charge in [-0.25, -0.2) is 0 Å². The molecule has 1 heterocycles. The summed E-state index contributed by atoms with van der Waals surface area (Å²) < 4.78 is 0.0293. The first kappa shape index (κ1) is 8.26. The van der Waals surface area contributed by atoms with Crippen LogP contribution in [0.2, 0.25) is 0 Å². The molecule has 0 spiro atoms. The van der Waals surface area contributed by atoms with Gasteiger partial charge in [0.15, 0.2) is 0 Å². The van der Waals surface area contributed by atoms with E-state index < -0.39 is 0 Å². The summed E-state index contributed by atoms with van der Waals surface area (Å²) in [5, 5.41) is 9.12. The van der Waals surface area contributed by atoms with Crippen LogP contribution in [-0.2, 0) is 0 Å². The number of hydrogen-bond donors (Lipinski definition) is 1. The number of carbonyl (C=O) groups excluding carboxylic acids is 1. The van der Waals surface area contributed by atoms with Gasteiger partial charge in [-0.3, -0.25) is 4.79 Å². The number of aliphatic hydroxyl groups is 1. The van der Waals surface area contributed by atoms with Crippen LogP contribution in [0.1, 0.15) is 13.3 Å². The van der Waals surface area contributed by atoms with Gasteiger partial charge in [-0.2, -0.15) is 0 Å². The predicted molar refractivity (Wildman–Crippen MR) is 46.2 cm³/mol. The Hall–Kier alpha value is 0.160. The molecule has 1 saturated heterocycles. The number of carbonyl (C=O) groups is 1. The first-order valence-electron chi connectivity index (χ1n) is 3.25. The van der Waals surface area contributed by atoms with Crippen LogP contribution in [0.15, 0.2) is 0 Å². The third-order valence-corrected chi connectivity index (χ3v) is 2.40. The van der Waals surface area contributed by atoms with E-state index in [0.717, 1.165) is 6.42 Å². The number of hydrogen-bond acceptors (Lipinski definition) is 2. The van der Waals surface area contributed by atoms with E-state index in [9.17, 15) is 4.79 Å². The van der Waals surface area contributed by atoms with Crippen LogP contribution in [0, 0.1) is 0 Å². The van der Waals surface area contributed by atoms with Crippen molar-refractivity contribution in [2.75, 3.05) is 6.54 Å². The minimum atomic E-state index is -0.311. The SMILES string of the molecule is C[C@@H]1C[C@@H](O)CN1C(=O)I.